The van der Waals surface area contributed by atoms with Crippen molar-refractivity contribution in [3.8, 4) is 5.75 Å². The number of nitrogens with zero attached hydrogens (tertiary/aromatic N) is 3. The number of likely N-dealkylation sites (tertiary alicyclic amines) is 1. The first kappa shape index (κ1) is 18.2. The Hall–Kier alpha value is -3.15. The van der Waals surface area contributed by atoms with Gasteiger partial charge in [0.05, 0.1) is 19.4 Å². The van der Waals surface area contributed by atoms with Gasteiger partial charge in [0.15, 0.2) is 5.82 Å². The number of hydrogen-bond donors (Lipinski definition) is 0. The van der Waals surface area contributed by atoms with E-state index >= 15 is 0 Å². The SMILES string of the molecule is COc1ccccc1CC(=O)N1C[C@H](c2ccccc2)[C@H](c2nc(C)no2)C1. The number of hydrogen-bond acceptors (Lipinski definition) is 5. The van der Waals surface area contributed by atoms with Crippen molar-refractivity contribution < 1.29 is 14.1 Å². The number of carbonyl (C=O) groups is 1. The van der Waals surface area contributed by atoms with Crippen LogP contribution in [0.15, 0.2) is 59.1 Å². The van der Waals surface area contributed by atoms with E-state index in [1.807, 2.05) is 54.3 Å². The molecule has 1 aromatic heterocycles. The van der Waals surface area contributed by atoms with Gasteiger partial charge in [-0.2, -0.15) is 4.98 Å². The topological polar surface area (TPSA) is 68.5 Å². The van der Waals surface area contributed by atoms with Crippen LogP contribution in [0.5, 0.6) is 5.75 Å². The molecule has 0 unspecified atom stereocenters. The van der Waals surface area contributed by atoms with E-state index in [1.165, 1.54) is 5.56 Å². The third-order valence-corrected chi connectivity index (χ3v) is 5.29. The molecule has 0 radical (unpaired) electrons. The number of para-hydroxylation sites is 1. The number of methoxy groups -OCH3 is 1. The Morgan fingerprint density at radius 2 is 1.82 bits per heavy atom. The Morgan fingerprint density at radius 1 is 1.11 bits per heavy atom. The molecule has 0 aliphatic carbocycles. The van der Waals surface area contributed by atoms with Crippen molar-refractivity contribution in [1.82, 2.24) is 15.0 Å². The molecule has 0 bridgehead atoms. The zero-order valence-electron chi connectivity index (χ0n) is 16.0. The van der Waals surface area contributed by atoms with E-state index < -0.39 is 0 Å². The molecule has 28 heavy (non-hydrogen) atoms. The van der Waals surface area contributed by atoms with Gasteiger partial charge >= 0.3 is 0 Å². The molecule has 2 atom stereocenters. The maximum absolute atomic E-state index is 13.0. The fourth-order valence-electron chi connectivity index (χ4n) is 3.88. The van der Waals surface area contributed by atoms with Gasteiger partial charge in [-0.1, -0.05) is 53.7 Å². The Morgan fingerprint density at radius 3 is 2.54 bits per heavy atom. The van der Waals surface area contributed by atoms with Crippen molar-refractivity contribution in [3.63, 3.8) is 0 Å². The van der Waals surface area contributed by atoms with Gasteiger partial charge in [0, 0.05) is 24.6 Å². The summed E-state index contributed by atoms with van der Waals surface area (Å²) in [7, 11) is 1.62. The van der Waals surface area contributed by atoms with E-state index in [0.717, 1.165) is 11.3 Å². The predicted octanol–water partition coefficient (Wildman–Crippen LogP) is 3.34. The largest absolute Gasteiger partial charge is 0.496 e. The molecule has 1 saturated heterocycles. The summed E-state index contributed by atoms with van der Waals surface area (Å²) in [5.74, 6) is 2.13. The highest BCUT2D eigenvalue weighted by molar-refractivity contribution is 5.80. The smallest absolute Gasteiger partial charge is 0.232 e. The molecule has 6 heteroatoms. The van der Waals surface area contributed by atoms with Crippen molar-refractivity contribution in [2.75, 3.05) is 20.2 Å². The van der Waals surface area contributed by atoms with E-state index in [0.29, 0.717) is 31.2 Å². The van der Waals surface area contributed by atoms with Crippen molar-refractivity contribution in [2.45, 2.75) is 25.2 Å². The van der Waals surface area contributed by atoms with Crippen LogP contribution in [0.25, 0.3) is 0 Å². The van der Waals surface area contributed by atoms with E-state index in [2.05, 4.69) is 22.3 Å². The first-order valence-corrected chi connectivity index (χ1v) is 9.40. The average molecular weight is 377 g/mol. The number of aromatic nitrogens is 2. The Labute approximate surface area is 164 Å². The van der Waals surface area contributed by atoms with Gasteiger partial charge in [-0.3, -0.25) is 4.79 Å². The van der Waals surface area contributed by atoms with Crippen LogP contribution in [0.1, 0.15) is 34.7 Å². The molecule has 1 amide bonds. The van der Waals surface area contributed by atoms with Gasteiger partial charge < -0.3 is 14.2 Å². The highest BCUT2D eigenvalue weighted by Gasteiger charge is 2.40. The second kappa shape index (κ2) is 7.84. The summed E-state index contributed by atoms with van der Waals surface area (Å²) in [6, 6.07) is 17.9. The second-order valence-corrected chi connectivity index (χ2v) is 7.09. The maximum Gasteiger partial charge on any atom is 0.232 e. The first-order valence-electron chi connectivity index (χ1n) is 9.40. The fraction of sp³-hybridized carbons (Fsp3) is 0.318. The molecule has 0 saturated carbocycles. The van der Waals surface area contributed by atoms with Crippen molar-refractivity contribution in [1.29, 1.82) is 0 Å². The lowest BCUT2D eigenvalue weighted by molar-refractivity contribution is -0.129. The zero-order valence-corrected chi connectivity index (χ0v) is 16.0. The monoisotopic (exact) mass is 377 g/mol. The van der Waals surface area contributed by atoms with Crippen LogP contribution in [0.3, 0.4) is 0 Å². The molecule has 1 aliphatic rings. The molecule has 0 N–H and O–H groups in total. The Balaban J connectivity index is 1.58. The Kier molecular flexibility index (Phi) is 5.10. The summed E-state index contributed by atoms with van der Waals surface area (Å²) in [5, 5.41) is 3.94. The van der Waals surface area contributed by atoms with Gasteiger partial charge in [0.25, 0.3) is 0 Å². The lowest BCUT2D eigenvalue weighted by atomic mass is 9.89. The highest BCUT2D eigenvalue weighted by atomic mass is 16.5. The number of amides is 1. The lowest BCUT2D eigenvalue weighted by Gasteiger charge is -2.17. The molecule has 1 fully saturated rings. The lowest BCUT2D eigenvalue weighted by Crippen LogP contribution is -2.30. The van der Waals surface area contributed by atoms with Crippen LogP contribution in [-0.4, -0.2) is 41.1 Å². The van der Waals surface area contributed by atoms with Crippen molar-refractivity contribution >= 4 is 5.91 Å². The van der Waals surface area contributed by atoms with Crippen LogP contribution in [0.2, 0.25) is 0 Å². The van der Waals surface area contributed by atoms with Crippen molar-refractivity contribution in [2.24, 2.45) is 0 Å². The zero-order chi connectivity index (χ0) is 19.5. The molecule has 1 aliphatic heterocycles. The molecule has 2 heterocycles. The minimum absolute atomic E-state index is 0.00906. The average Bonchev–Trinajstić information content (AvgIpc) is 3.35. The summed E-state index contributed by atoms with van der Waals surface area (Å²) in [4.78, 5) is 19.4. The molecule has 6 nitrogen and oxygen atoms in total. The molecular weight excluding hydrogens is 354 g/mol. The van der Waals surface area contributed by atoms with E-state index in [1.54, 1.807) is 7.11 Å². The van der Waals surface area contributed by atoms with E-state index in [4.69, 9.17) is 9.26 Å². The van der Waals surface area contributed by atoms with E-state index in [-0.39, 0.29) is 17.7 Å². The summed E-state index contributed by atoms with van der Waals surface area (Å²) < 4.78 is 10.9. The van der Waals surface area contributed by atoms with Crippen LogP contribution < -0.4 is 4.74 Å². The third-order valence-electron chi connectivity index (χ3n) is 5.29. The van der Waals surface area contributed by atoms with Crippen LogP contribution in [0.4, 0.5) is 0 Å². The van der Waals surface area contributed by atoms with Crippen LogP contribution in [0, 0.1) is 6.92 Å². The van der Waals surface area contributed by atoms with Gasteiger partial charge in [-0.25, -0.2) is 0 Å². The fourth-order valence-corrected chi connectivity index (χ4v) is 3.88. The minimum Gasteiger partial charge on any atom is -0.496 e. The Bertz CT molecular complexity index is 954. The normalized spacial score (nSPS) is 19.0. The number of aryl methyl sites for hydroxylation is 1. The van der Waals surface area contributed by atoms with E-state index in [9.17, 15) is 4.79 Å². The van der Waals surface area contributed by atoms with Gasteiger partial charge in [-0.15, -0.1) is 0 Å². The predicted molar refractivity (Wildman–Crippen MR) is 104 cm³/mol. The van der Waals surface area contributed by atoms with Crippen molar-refractivity contribution in [3.05, 3.63) is 77.4 Å². The molecule has 0 spiro atoms. The summed E-state index contributed by atoms with van der Waals surface area (Å²) in [5.41, 5.74) is 2.07. The maximum atomic E-state index is 13.0. The van der Waals surface area contributed by atoms with Gasteiger partial charge in [0.1, 0.15) is 5.75 Å². The van der Waals surface area contributed by atoms with Crippen LogP contribution >= 0.6 is 0 Å². The summed E-state index contributed by atoms with van der Waals surface area (Å²) >= 11 is 0. The highest BCUT2D eigenvalue weighted by Crippen LogP contribution is 2.39. The first-order chi connectivity index (χ1) is 13.7. The minimum atomic E-state index is -0.00906. The molecule has 4 rings (SSSR count). The summed E-state index contributed by atoms with van der Waals surface area (Å²) in [6.45, 7) is 3.00. The molecular formula is C22H23N3O3. The second-order valence-electron chi connectivity index (χ2n) is 7.09. The summed E-state index contributed by atoms with van der Waals surface area (Å²) in [6.07, 6.45) is 0.307. The van der Waals surface area contributed by atoms with Gasteiger partial charge in [0.2, 0.25) is 11.8 Å². The molecule has 2 aromatic carbocycles. The number of ether oxygens (including phenoxy) is 1. The quantitative estimate of drug-likeness (QED) is 0.682. The molecule has 3 aromatic rings. The van der Waals surface area contributed by atoms with Gasteiger partial charge in [-0.05, 0) is 18.6 Å². The molecule has 144 valence electrons. The number of benzene rings is 2. The third kappa shape index (κ3) is 3.63. The number of rotatable bonds is 5. The standard InChI is InChI=1S/C22H23N3O3/c1-15-23-22(28-24-15)19-14-25(13-18(19)16-8-4-3-5-9-16)21(26)12-17-10-6-7-11-20(17)27-2/h3-11,18-19H,12-14H2,1-2H3/t18-,19-/m1/s1. The number of carbonyl (C=O) groups excluding carboxylic acids is 1. The van der Waals surface area contributed by atoms with Crippen LogP contribution in [-0.2, 0) is 11.2 Å².